The van der Waals surface area contributed by atoms with E-state index in [-0.39, 0.29) is 22.6 Å². The van der Waals surface area contributed by atoms with Crippen molar-refractivity contribution in [3.8, 4) is 0 Å². The average molecular weight is 420 g/mol. The highest BCUT2D eigenvalue weighted by Gasteiger charge is 2.33. The smallest absolute Gasteiger partial charge is 0.331 e. The molecule has 0 aliphatic carbocycles. The monoisotopic (exact) mass is 419 g/mol. The van der Waals surface area contributed by atoms with Crippen LogP contribution in [0.2, 0.25) is 0 Å². The fourth-order valence-electron chi connectivity index (χ4n) is 3.62. The lowest BCUT2D eigenvalue weighted by Crippen LogP contribution is -2.39. The molecule has 0 saturated carbocycles. The number of ether oxygens (including phenoxy) is 1. The van der Waals surface area contributed by atoms with Crippen molar-refractivity contribution in [2.45, 2.75) is 97.5 Å². The number of rotatable bonds is 10. The summed E-state index contributed by atoms with van der Waals surface area (Å²) in [6, 6.07) is 8.29. The summed E-state index contributed by atoms with van der Waals surface area (Å²) in [4.78, 5) is 17.4. The van der Waals surface area contributed by atoms with Gasteiger partial charge in [-0.15, -0.1) is 0 Å². The van der Waals surface area contributed by atoms with Crippen molar-refractivity contribution in [3.63, 3.8) is 0 Å². The molecule has 0 bridgehead atoms. The molecule has 29 heavy (non-hydrogen) atoms. The molecule has 3 nitrogen and oxygen atoms in total. The largest absolute Gasteiger partial charge is 0.458 e. The van der Waals surface area contributed by atoms with E-state index in [1.807, 2.05) is 47.8 Å². The highest BCUT2D eigenvalue weighted by Crippen LogP contribution is 2.29. The van der Waals surface area contributed by atoms with Gasteiger partial charge in [-0.1, -0.05) is 72.7 Å². The van der Waals surface area contributed by atoms with E-state index < -0.39 is 11.6 Å². The molecular weight excluding hydrogens is 378 g/mol. The third-order valence-corrected chi connectivity index (χ3v) is 4.97. The molecule has 2 atom stereocenters. The number of nitrogens with zero attached hydrogens (tertiary/aromatic N) is 1. The van der Waals surface area contributed by atoms with E-state index in [2.05, 4.69) is 62.7 Å². The molecule has 0 spiro atoms. The van der Waals surface area contributed by atoms with Gasteiger partial charge in [-0.2, -0.15) is 12.6 Å². The quantitative estimate of drug-likeness (QED) is 0.267. The molecule has 0 saturated heterocycles. The van der Waals surface area contributed by atoms with Gasteiger partial charge in [0.15, 0.2) is 0 Å². The van der Waals surface area contributed by atoms with Crippen LogP contribution in [0.5, 0.6) is 0 Å². The predicted octanol–water partition coefficient (Wildman–Crippen LogP) is 6.50. The molecule has 1 aromatic rings. The van der Waals surface area contributed by atoms with Crippen LogP contribution in [-0.2, 0) is 16.0 Å². The van der Waals surface area contributed by atoms with Crippen LogP contribution in [0.15, 0.2) is 29.3 Å². The number of carbonyl (C=O) groups is 1. The molecular formula is C25H41NO2S. The van der Waals surface area contributed by atoms with Gasteiger partial charge in [0.1, 0.15) is 11.6 Å². The van der Waals surface area contributed by atoms with E-state index in [9.17, 15) is 4.79 Å². The van der Waals surface area contributed by atoms with Crippen molar-refractivity contribution >= 4 is 24.8 Å². The number of aliphatic imine (C=N–C) groups is 1. The Morgan fingerprint density at radius 3 is 2.07 bits per heavy atom. The van der Waals surface area contributed by atoms with Crippen molar-refractivity contribution < 1.29 is 9.53 Å². The minimum absolute atomic E-state index is 0.0797. The summed E-state index contributed by atoms with van der Waals surface area (Å²) in [5.74, 6) is 0.611. The zero-order valence-corrected chi connectivity index (χ0v) is 20.7. The number of benzene rings is 1. The molecule has 0 aliphatic heterocycles. The Hall–Kier alpha value is -1.29. The fourth-order valence-corrected chi connectivity index (χ4v) is 4.00. The Morgan fingerprint density at radius 2 is 1.62 bits per heavy atom. The second kappa shape index (κ2) is 10.7. The molecule has 0 amide bonds. The van der Waals surface area contributed by atoms with E-state index in [1.54, 1.807) is 0 Å². The van der Waals surface area contributed by atoms with Gasteiger partial charge in [-0.25, -0.2) is 4.79 Å². The summed E-state index contributed by atoms with van der Waals surface area (Å²) in [6.45, 7) is 18.5. The molecule has 0 heterocycles. The highest BCUT2D eigenvalue weighted by molar-refractivity contribution is 7.81. The zero-order chi connectivity index (χ0) is 22.4. The number of esters is 1. The van der Waals surface area contributed by atoms with Crippen molar-refractivity contribution in [2.75, 3.05) is 0 Å². The Morgan fingerprint density at radius 1 is 1.07 bits per heavy atom. The minimum atomic E-state index is -0.575. The summed E-state index contributed by atoms with van der Waals surface area (Å²) in [6.07, 6.45) is 3.49. The van der Waals surface area contributed by atoms with E-state index in [0.717, 1.165) is 6.42 Å². The normalized spacial score (nSPS) is 15.2. The van der Waals surface area contributed by atoms with Crippen molar-refractivity contribution in [1.82, 2.24) is 0 Å². The Kier molecular flexibility index (Phi) is 9.46. The summed E-state index contributed by atoms with van der Waals surface area (Å²) in [7, 11) is 0. The zero-order valence-electron chi connectivity index (χ0n) is 19.8. The number of thiol groups is 1. The maximum Gasteiger partial charge on any atom is 0.331 e. The van der Waals surface area contributed by atoms with Crippen LogP contribution < -0.4 is 0 Å². The van der Waals surface area contributed by atoms with E-state index in [4.69, 9.17) is 4.74 Å². The molecule has 0 aromatic heterocycles. The lowest BCUT2D eigenvalue weighted by molar-refractivity contribution is -0.160. The molecule has 164 valence electrons. The van der Waals surface area contributed by atoms with E-state index in [0.29, 0.717) is 12.3 Å². The van der Waals surface area contributed by atoms with Gasteiger partial charge in [0.05, 0.1) is 0 Å². The van der Waals surface area contributed by atoms with Crippen LogP contribution in [-0.4, -0.2) is 28.6 Å². The van der Waals surface area contributed by atoms with Crippen molar-refractivity contribution in [1.29, 1.82) is 0 Å². The summed E-state index contributed by atoms with van der Waals surface area (Å²) >= 11 is 4.57. The average Bonchev–Trinajstić information content (AvgIpc) is 2.52. The summed E-state index contributed by atoms with van der Waals surface area (Å²) in [5.41, 5.74) is 2.06. The minimum Gasteiger partial charge on any atom is -0.458 e. The summed E-state index contributed by atoms with van der Waals surface area (Å²) in [5, 5.41) is 0. The molecule has 2 unspecified atom stereocenters. The number of carbonyl (C=O) groups excluding carboxylic acids is 1. The van der Waals surface area contributed by atoms with Gasteiger partial charge in [-0.3, -0.25) is 4.99 Å². The highest BCUT2D eigenvalue weighted by atomic mass is 32.1. The summed E-state index contributed by atoms with van der Waals surface area (Å²) < 4.78 is 5.61. The van der Waals surface area contributed by atoms with Crippen LogP contribution in [0, 0.1) is 11.8 Å². The first-order chi connectivity index (χ1) is 13.2. The van der Waals surface area contributed by atoms with E-state index in [1.165, 1.54) is 11.1 Å². The Labute approximate surface area is 184 Å². The first-order valence-electron chi connectivity index (χ1n) is 10.8. The van der Waals surface area contributed by atoms with Gasteiger partial charge in [-0.05, 0) is 49.1 Å². The molecule has 0 N–H and O–H groups in total. The van der Waals surface area contributed by atoms with Crippen molar-refractivity contribution in [3.05, 3.63) is 35.4 Å². The van der Waals surface area contributed by atoms with Crippen LogP contribution in [0.3, 0.4) is 0 Å². The van der Waals surface area contributed by atoms with Crippen LogP contribution in [0.25, 0.3) is 0 Å². The van der Waals surface area contributed by atoms with Gasteiger partial charge >= 0.3 is 5.97 Å². The molecule has 1 aromatic carbocycles. The third kappa shape index (κ3) is 9.84. The number of hydrogen-bond donors (Lipinski definition) is 1. The van der Waals surface area contributed by atoms with Crippen LogP contribution in [0.4, 0.5) is 0 Å². The first kappa shape index (κ1) is 25.7. The maximum absolute atomic E-state index is 12.8. The lowest BCUT2D eigenvalue weighted by Gasteiger charge is -2.32. The Balaban J connectivity index is 2.76. The Bertz CT molecular complexity index is 669. The second-order valence-electron chi connectivity index (χ2n) is 10.2. The van der Waals surface area contributed by atoms with Crippen molar-refractivity contribution in [2.24, 2.45) is 16.8 Å². The topological polar surface area (TPSA) is 38.7 Å². The van der Waals surface area contributed by atoms with Crippen LogP contribution >= 0.6 is 12.6 Å². The maximum atomic E-state index is 12.8. The molecule has 4 heteroatoms. The lowest BCUT2D eigenvalue weighted by atomic mass is 9.94. The van der Waals surface area contributed by atoms with Gasteiger partial charge in [0.25, 0.3) is 0 Å². The number of hydrogen-bond acceptors (Lipinski definition) is 4. The van der Waals surface area contributed by atoms with Gasteiger partial charge in [0.2, 0.25) is 0 Å². The SMILES string of the molecule is CC(C=NC(C(=O)OC(C)(C)CC(C)(C)S)C(C)C)Cc1ccc(C(C)C)cc1. The molecule has 1 rings (SSSR count). The van der Waals surface area contributed by atoms with Gasteiger partial charge < -0.3 is 4.74 Å². The molecule has 0 radical (unpaired) electrons. The van der Waals surface area contributed by atoms with Gasteiger partial charge in [0, 0.05) is 17.4 Å². The molecule has 0 aliphatic rings. The van der Waals surface area contributed by atoms with Crippen LogP contribution in [0.1, 0.15) is 85.8 Å². The predicted molar refractivity (Wildman–Crippen MR) is 128 cm³/mol. The second-order valence-corrected chi connectivity index (χ2v) is 11.4. The molecule has 0 fully saturated rings. The first-order valence-corrected chi connectivity index (χ1v) is 11.2. The van der Waals surface area contributed by atoms with E-state index >= 15 is 0 Å². The standard InChI is InChI=1S/C25H41NO2S/c1-17(2)21-12-10-20(11-13-21)14-19(5)15-26-22(18(3)4)23(27)28-24(6,7)16-25(8,9)29/h10-13,15,17-19,22,29H,14,16H2,1-9H3. The third-order valence-electron chi connectivity index (χ3n) is 4.81. The fraction of sp³-hybridized carbons (Fsp3) is 0.680.